The molecule has 1 amide bonds. The maximum Gasteiger partial charge on any atom is 0.232 e. The third-order valence-electron chi connectivity index (χ3n) is 2.31. The second-order valence-corrected chi connectivity index (χ2v) is 6.95. The Morgan fingerprint density at radius 3 is 2.58 bits per heavy atom. The second-order valence-electron chi connectivity index (χ2n) is 4.67. The Morgan fingerprint density at radius 2 is 2.00 bits per heavy atom. The Bertz CT molecular complexity index is 478. The zero-order valence-electron chi connectivity index (χ0n) is 10.9. The van der Waals surface area contributed by atoms with Crippen LogP contribution in [0, 0.1) is 5.92 Å². The van der Waals surface area contributed by atoms with E-state index in [1.165, 1.54) is 0 Å². The van der Waals surface area contributed by atoms with Gasteiger partial charge in [-0.1, -0.05) is 43.1 Å². The molecule has 1 aromatic carbocycles. The van der Waals surface area contributed by atoms with Crippen molar-refractivity contribution >= 4 is 39.9 Å². The summed E-state index contributed by atoms with van der Waals surface area (Å²) < 4.78 is 11.8. The lowest BCUT2D eigenvalue weighted by molar-refractivity contribution is -0.118. The lowest BCUT2D eigenvalue weighted by Gasteiger charge is -2.08. The van der Waals surface area contributed by atoms with E-state index in [0.29, 0.717) is 28.3 Å². The van der Waals surface area contributed by atoms with Crippen LogP contribution in [-0.2, 0) is 21.3 Å². The summed E-state index contributed by atoms with van der Waals surface area (Å²) in [6.07, 6.45) is 0. The van der Waals surface area contributed by atoms with Gasteiger partial charge in [-0.15, -0.1) is 0 Å². The van der Waals surface area contributed by atoms with Crippen LogP contribution in [0.4, 0.5) is 0 Å². The number of halogens is 2. The average Bonchev–Trinajstić information content (AvgIpc) is 2.31. The molecule has 0 fully saturated rings. The average molecular weight is 322 g/mol. The predicted molar refractivity (Wildman–Crippen MR) is 81.0 cm³/mol. The van der Waals surface area contributed by atoms with Crippen molar-refractivity contribution in [2.75, 3.05) is 12.3 Å². The summed E-state index contributed by atoms with van der Waals surface area (Å²) in [6.45, 7) is 4.61. The van der Waals surface area contributed by atoms with Crippen molar-refractivity contribution in [3.8, 4) is 0 Å². The van der Waals surface area contributed by atoms with Crippen LogP contribution in [0.5, 0.6) is 0 Å². The molecule has 1 rings (SSSR count). The molecule has 1 atom stereocenters. The fourth-order valence-corrected chi connectivity index (χ4v) is 2.75. The topological polar surface area (TPSA) is 46.2 Å². The largest absolute Gasteiger partial charge is 0.355 e. The Labute approximate surface area is 126 Å². The summed E-state index contributed by atoms with van der Waals surface area (Å²) in [6, 6.07) is 5.10. The van der Waals surface area contributed by atoms with Gasteiger partial charge in [0.05, 0.1) is 10.0 Å². The van der Waals surface area contributed by atoms with Crippen molar-refractivity contribution in [3.63, 3.8) is 0 Å². The minimum Gasteiger partial charge on any atom is -0.355 e. The molecule has 0 aliphatic heterocycles. The molecular formula is C13H17Cl2NO2S. The van der Waals surface area contributed by atoms with E-state index in [0.717, 1.165) is 5.56 Å². The molecule has 1 unspecified atom stereocenters. The summed E-state index contributed by atoms with van der Waals surface area (Å²) in [7, 11) is -1.24. The quantitative estimate of drug-likeness (QED) is 0.875. The molecule has 0 bridgehead atoms. The number of hydrogen-bond donors (Lipinski definition) is 1. The maximum atomic E-state index is 11.8. The van der Waals surface area contributed by atoms with Crippen molar-refractivity contribution in [3.05, 3.63) is 33.8 Å². The molecule has 0 spiro atoms. The van der Waals surface area contributed by atoms with Crippen molar-refractivity contribution in [1.82, 2.24) is 5.32 Å². The van der Waals surface area contributed by atoms with Gasteiger partial charge in [0.25, 0.3) is 0 Å². The monoisotopic (exact) mass is 321 g/mol. The predicted octanol–water partition coefficient (Wildman–Crippen LogP) is 3.01. The molecule has 0 heterocycles. The fraction of sp³-hybridized carbons (Fsp3) is 0.462. The summed E-state index contributed by atoms with van der Waals surface area (Å²) in [4.78, 5) is 11.5. The van der Waals surface area contributed by atoms with E-state index in [9.17, 15) is 9.00 Å². The number of amides is 1. The summed E-state index contributed by atoms with van der Waals surface area (Å²) in [5.41, 5.74) is 0.810. The number of carbonyl (C=O) groups excluding carboxylic acids is 1. The lowest BCUT2D eigenvalue weighted by atomic mass is 10.2. The lowest BCUT2D eigenvalue weighted by Crippen LogP contribution is -2.31. The summed E-state index contributed by atoms with van der Waals surface area (Å²) >= 11 is 11.7. The van der Waals surface area contributed by atoms with E-state index in [-0.39, 0.29) is 11.7 Å². The first-order valence-electron chi connectivity index (χ1n) is 5.94. The summed E-state index contributed by atoms with van der Waals surface area (Å²) in [5, 5.41) is 3.63. The van der Waals surface area contributed by atoms with E-state index < -0.39 is 10.8 Å². The van der Waals surface area contributed by atoms with Crippen LogP contribution in [0.1, 0.15) is 19.4 Å². The van der Waals surface area contributed by atoms with Gasteiger partial charge in [-0.25, -0.2) is 0 Å². The van der Waals surface area contributed by atoms with Crippen LogP contribution in [0.25, 0.3) is 0 Å². The van der Waals surface area contributed by atoms with E-state index >= 15 is 0 Å². The normalized spacial score (nSPS) is 12.5. The van der Waals surface area contributed by atoms with Crippen molar-refractivity contribution in [2.24, 2.45) is 5.92 Å². The standard InChI is InChI=1S/C13H17Cl2NO2S/c1-9(2)6-16-13(17)8-19(18)7-10-3-4-11(14)12(15)5-10/h3-5,9H,6-8H2,1-2H3,(H,16,17). The molecule has 1 aromatic rings. The summed E-state index contributed by atoms with van der Waals surface area (Å²) in [5.74, 6) is 0.499. The molecule has 0 aliphatic carbocycles. The van der Waals surface area contributed by atoms with Crippen molar-refractivity contribution in [1.29, 1.82) is 0 Å². The number of nitrogens with one attached hydrogen (secondary N) is 1. The smallest absolute Gasteiger partial charge is 0.232 e. The van der Waals surface area contributed by atoms with E-state index in [1.807, 2.05) is 13.8 Å². The second kappa shape index (κ2) is 7.88. The number of benzene rings is 1. The molecule has 1 N–H and O–H groups in total. The molecule has 19 heavy (non-hydrogen) atoms. The van der Waals surface area contributed by atoms with Gasteiger partial charge >= 0.3 is 0 Å². The van der Waals surface area contributed by atoms with Gasteiger partial charge in [-0.2, -0.15) is 0 Å². The van der Waals surface area contributed by atoms with E-state index in [4.69, 9.17) is 23.2 Å². The Hall–Kier alpha value is -0.580. The van der Waals surface area contributed by atoms with Crippen LogP contribution >= 0.6 is 23.2 Å². The minimum atomic E-state index is -1.24. The van der Waals surface area contributed by atoms with Gasteiger partial charge in [-0.3, -0.25) is 9.00 Å². The van der Waals surface area contributed by atoms with Gasteiger partial charge in [-0.05, 0) is 23.6 Å². The highest BCUT2D eigenvalue weighted by Gasteiger charge is 2.10. The van der Waals surface area contributed by atoms with Crippen LogP contribution in [0.15, 0.2) is 18.2 Å². The van der Waals surface area contributed by atoms with Gasteiger partial charge in [0.2, 0.25) is 5.91 Å². The fourth-order valence-electron chi connectivity index (χ4n) is 1.38. The Kier molecular flexibility index (Phi) is 6.83. The van der Waals surface area contributed by atoms with Crippen LogP contribution in [-0.4, -0.2) is 22.4 Å². The molecule has 6 heteroatoms. The zero-order valence-corrected chi connectivity index (χ0v) is 13.2. The van der Waals surface area contributed by atoms with Gasteiger partial charge in [0.15, 0.2) is 0 Å². The van der Waals surface area contributed by atoms with Crippen LogP contribution < -0.4 is 5.32 Å². The third kappa shape index (κ3) is 6.41. The van der Waals surface area contributed by atoms with Crippen molar-refractivity contribution < 1.29 is 9.00 Å². The first-order chi connectivity index (χ1) is 8.88. The molecule has 0 aromatic heterocycles. The van der Waals surface area contributed by atoms with Gasteiger partial charge < -0.3 is 5.32 Å². The van der Waals surface area contributed by atoms with Gasteiger partial charge in [0, 0.05) is 23.1 Å². The van der Waals surface area contributed by atoms with Crippen LogP contribution in [0.3, 0.4) is 0 Å². The molecule has 0 aliphatic rings. The first-order valence-corrected chi connectivity index (χ1v) is 8.18. The number of hydrogen-bond acceptors (Lipinski definition) is 2. The van der Waals surface area contributed by atoms with Gasteiger partial charge in [0.1, 0.15) is 5.75 Å². The molecule has 106 valence electrons. The highest BCUT2D eigenvalue weighted by Crippen LogP contribution is 2.23. The Morgan fingerprint density at radius 1 is 1.32 bits per heavy atom. The molecule has 3 nitrogen and oxygen atoms in total. The highest BCUT2D eigenvalue weighted by molar-refractivity contribution is 7.84. The molecule has 0 saturated heterocycles. The minimum absolute atomic E-state index is 0.00691. The number of carbonyl (C=O) groups is 1. The SMILES string of the molecule is CC(C)CNC(=O)CS(=O)Cc1ccc(Cl)c(Cl)c1. The van der Waals surface area contributed by atoms with E-state index in [2.05, 4.69) is 5.32 Å². The third-order valence-corrected chi connectivity index (χ3v) is 4.29. The maximum absolute atomic E-state index is 11.8. The Balaban J connectivity index is 2.46. The molecular weight excluding hydrogens is 305 g/mol. The first kappa shape index (κ1) is 16.5. The van der Waals surface area contributed by atoms with Crippen molar-refractivity contribution in [2.45, 2.75) is 19.6 Å². The zero-order chi connectivity index (χ0) is 14.4. The molecule has 0 saturated carbocycles. The number of rotatable bonds is 6. The highest BCUT2D eigenvalue weighted by atomic mass is 35.5. The van der Waals surface area contributed by atoms with Crippen LogP contribution in [0.2, 0.25) is 10.0 Å². The van der Waals surface area contributed by atoms with E-state index in [1.54, 1.807) is 18.2 Å². The molecule has 0 radical (unpaired) electrons.